The Kier molecular flexibility index (Phi) is 4.78. The number of nitrogen functional groups attached to an aromatic ring is 1. The molecule has 1 aromatic carbocycles. The summed E-state index contributed by atoms with van der Waals surface area (Å²) in [5.41, 5.74) is 7.09. The molecule has 1 aromatic rings. The topological polar surface area (TPSA) is 84.6 Å². The minimum absolute atomic E-state index is 0.0820. The molecule has 0 aromatic heterocycles. The highest BCUT2D eigenvalue weighted by atomic mass is 16.5. The van der Waals surface area contributed by atoms with Crippen LogP contribution in [0, 0.1) is 0 Å². The summed E-state index contributed by atoms with van der Waals surface area (Å²) in [6, 6.07) is 4.62. The van der Waals surface area contributed by atoms with Crippen molar-refractivity contribution in [3.8, 4) is 0 Å². The lowest BCUT2D eigenvalue weighted by atomic mass is 10.1. The van der Waals surface area contributed by atoms with Gasteiger partial charge in [-0.05, 0) is 32.0 Å². The molecular formula is C12H18N2O3. The predicted molar refractivity (Wildman–Crippen MR) is 67.4 cm³/mol. The fourth-order valence-electron chi connectivity index (χ4n) is 1.45. The van der Waals surface area contributed by atoms with Crippen molar-refractivity contribution in [1.29, 1.82) is 0 Å². The number of carbonyl (C=O) groups is 1. The average Bonchev–Trinajstić information content (AvgIpc) is 2.27. The van der Waals surface area contributed by atoms with E-state index in [1.165, 1.54) is 12.1 Å². The number of carboxylic acids is 1. The standard InChI is InChI=1S/C12H18N2O3/c1-3-17-8(2)7-14-11-5-4-9(12(15)16)6-10(11)13/h4-6,8,14H,3,7,13H2,1-2H3,(H,15,16). The summed E-state index contributed by atoms with van der Waals surface area (Å²) in [6.07, 6.45) is 0.0820. The summed E-state index contributed by atoms with van der Waals surface area (Å²) in [7, 11) is 0. The van der Waals surface area contributed by atoms with Crippen LogP contribution in [-0.4, -0.2) is 30.3 Å². The Bertz CT molecular complexity index is 393. The molecule has 0 saturated heterocycles. The maximum absolute atomic E-state index is 10.7. The molecule has 0 spiro atoms. The molecule has 1 rings (SSSR count). The zero-order valence-electron chi connectivity index (χ0n) is 10.1. The highest BCUT2D eigenvalue weighted by Gasteiger charge is 2.07. The number of benzene rings is 1. The van der Waals surface area contributed by atoms with E-state index in [0.717, 1.165) is 5.69 Å². The van der Waals surface area contributed by atoms with Gasteiger partial charge in [0.15, 0.2) is 0 Å². The van der Waals surface area contributed by atoms with Gasteiger partial charge in [0, 0.05) is 13.2 Å². The van der Waals surface area contributed by atoms with Crippen LogP contribution in [0.2, 0.25) is 0 Å². The number of anilines is 2. The van der Waals surface area contributed by atoms with Crippen molar-refractivity contribution in [2.75, 3.05) is 24.2 Å². The number of ether oxygens (including phenoxy) is 1. The van der Waals surface area contributed by atoms with Gasteiger partial charge in [-0.1, -0.05) is 0 Å². The number of hydrogen-bond acceptors (Lipinski definition) is 4. The van der Waals surface area contributed by atoms with Crippen LogP contribution in [0.15, 0.2) is 18.2 Å². The minimum atomic E-state index is -0.981. The minimum Gasteiger partial charge on any atom is -0.478 e. The molecule has 0 fully saturated rings. The van der Waals surface area contributed by atoms with Gasteiger partial charge in [-0.3, -0.25) is 0 Å². The summed E-state index contributed by atoms with van der Waals surface area (Å²) in [5, 5.41) is 11.9. The van der Waals surface area contributed by atoms with Gasteiger partial charge in [-0.25, -0.2) is 4.79 Å². The average molecular weight is 238 g/mol. The van der Waals surface area contributed by atoms with E-state index in [4.69, 9.17) is 15.6 Å². The lowest BCUT2D eigenvalue weighted by molar-refractivity contribution is 0.0696. The molecule has 0 saturated carbocycles. The second kappa shape index (κ2) is 6.10. The highest BCUT2D eigenvalue weighted by molar-refractivity contribution is 5.90. The Morgan fingerprint density at radius 1 is 1.59 bits per heavy atom. The molecule has 1 unspecified atom stereocenters. The Balaban J connectivity index is 2.63. The summed E-state index contributed by atoms with van der Waals surface area (Å²) in [5.74, 6) is -0.981. The lowest BCUT2D eigenvalue weighted by Gasteiger charge is -2.15. The van der Waals surface area contributed by atoms with Crippen molar-refractivity contribution >= 4 is 17.3 Å². The molecule has 0 amide bonds. The molecule has 0 aliphatic heterocycles. The van der Waals surface area contributed by atoms with Crippen molar-refractivity contribution in [2.45, 2.75) is 20.0 Å². The molecule has 4 N–H and O–H groups in total. The normalized spacial score (nSPS) is 12.1. The summed E-state index contributed by atoms with van der Waals surface area (Å²) in [4.78, 5) is 10.7. The van der Waals surface area contributed by atoms with E-state index in [2.05, 4.69) is 5.32 Å². The molecule has 0 aliphatic carbocycles. The smallest absolute Gasteiger partial charge is 0.335 e. The van der Waals surface area contributed by atoms with Crippen LogP contribution >= 0.6 is 0 Å². The first-order valence-corrected chi connectivity index (χ1v) is 5.53. The first-order valence-electron chi connectivity index (χ1n) is 5.53. The molecule has 17 heavy (non-hydrogen) atoms. The van der Waals surface area contributed by atoms with Gasteiger partial charge in [0.05, 0.1) is 23.0 Å². The van der Waals surface area contributed by atoms with Gasteiger partial charge in [0.2, 0.25) is 0 Å². The number of nitrogens with one attached hydrogen (secondary N) is 1. The first kappa shape index (κ1) is 13.3. The molecule has 0 aliphatic rings. The third kappa shape index (κ3) is 3.96. The number of nitrogens with two attached hydrogens (primary N) is 1. The Morgan fingerprint density at radius 3 is 2.82 bits per heavy atom. The van der Waals surface area contributed by atoms with Gasteiger partial charge in [0.1, 0.15) is 0 Å². The van der Waals surface area contributed by atoms with Crippen LogP contribution in [0.4, 0.5) is 11.4 Å². The molecule has 0 radical (unpaired) electrons. The maximum Gasteiger partial charge on any atom is 0.335 e. The van der Waals surface area contributed by atoms with Gasteiger partial charge < -0.3 is 20.9 Å². The van der Waals surface area contributed by atoms with Crippen LogP contribution in [0.1, 0.15) is 24.2 Å². The van der Waals surface area contributed by atoms with Crippen LogP contribution in [0.5, 0.6) is 0 Å². The number of aromatic carboxylic acids is 1. The van der Waals surface area contributed by atoms with Crippen molar-refractivity contribution in [2.24, 2.45) is 0 Å². The largest absolute Gasteiger partial charge is 0.478 e. The van der Waals surface area contributed by atoms with E-state index in [1.807, 2.05) is 13.8 Å². The van der Waals surface area contributed by atoms with Crippen LogP contribution < -0.4 is 11.1 Å². The number of carboxylic acid groups (broad SMARTS) is 1. The zero-order valence-corrected chi connectivity index (χ0v) is 10.1. The molecule has 94 valence electrons. The molecule has 0 bridgehead atoms. The van der Waals surface area contributed by atoms with Crippen LogP contribution in [-0.2, 0) is 4.74 Å². The third-order valence-electron chi connectivity index (χ3n) is 2.33. The maximum atomic E-state index is 10.7. The quantitative estimate of drug-likeness (QED) is 0.658. The van der Waals surface area contributed by atoms with Crippen LogP contribution in [0.25, 0.3) is 0 Å². The van der Waals surface area contributed by atoms with Crippen molar-refractivity contribution < 1.29 is 14.6 Å². The van der Waals surface area contributed by atoms with Crippen LogP contribution in [0.3, 0.4) is 0 Å². The van der Waals surface area contributed by atoms with Gasteiger partial charge in [0.25, 0.3) is 0 Å². The second-order valence-corrected chi connectivity index (χ2v) is 3.75. The SMILES string of the molecule is CCOC(C)CNc1ccc(C(=O)O)cc1N. The fraction of sp³-hybridized carbons (Fsp3) is 0.417. The monoisotopic (exact) mass is 238 g/mol. The highest BCUT2D eigenvalue weighted by Crippen LogP contribution is 2.19. The van der Waals surface area contributed by atoms with Crippen molar-refractivity contribution in [3.05, 3.63) is 23.8 Å². The van der Waals surface area contributed by atoms with Crippen molar-refractivity contribution in [1.82, 2.24) is 0 Å². The number of rotatable bonds is 6. The first-order chi connectivity index (χ1) is 8.04. The van der Waals surface area contributed by atoms with E-state index >= 15 is 0 Å². The molecule has 5 nitrogen and oxygen atoms in total. The summed E-state index contributed by atoms with van der Waals surface area (Å²) in [6.45, 7) is 5.19. The van der Waals surface area contributed by atoms with E-state index in [1.54, 1.807) is 6.07 Å². The van der Waals surface area contributed by atoms with E-state index < -0.39 is 5.97 Å². The Labute approximate surface area is 101 Å². The lowest BCUT2D eigenvalue weighted by Crippen LogP contribution is -2.20. The number of hydrogen-bond donors (Lipinski definition) is 3. The van der Waals surface area contributed by atoms with E-state index in [9.17, 15) is 4.79 Å². The Hall–Kier alpha value is -1.75. The molecule has 0 heterocycles. The van der Waals surface area contributed by atoms with E-state index in [-0.39, 0.29) is 11.7 Å². The predicted octanol–water partition coefficient (Wildman–Crippen LogP) is 1.80. The zero-order chi connectivity index (χ0) is 12.8. The van der Waals surface area contributed by atoms with Gasteiger partial charge >= 0.3 is 5.97 Å². The molecule has 5 heteroatoms. The second-order valence-electron chi connectivity index (χ2n) is 3.75. The van der Waals surface area contributed by atoms with E-state index in [0.29, 0.717) is 18.8 Å². The van der Waals surface area contributed by atoms with Gasteiger partial charge in [-0.2, -0.15) is 0 Å². The summed E-state index contributed by atoms with van der Waals surface area (Å²) < 4.78 is 5.37. The van der Waals surface area contributed by atoms with Gasteiger partial charge in [-0.15, -0.1) is 0 Å². The summed E-state index contributed by atoms with van der Waals surface area (Å²) >= 11 is 0. The van der Waals surface area contributed by atoms with Crippen molar-refractivity contribution in [3.63, 3.8) is 0 Å². The fourth-order valence-corrected chi connectivity index (χ4v) is 1.45. The molecular weight excluding hydrogens is 220 g/mol. The third-order valence-corrected chi connectivity index (χ3v) is 2.33. The Morgan fingerprint density at radius 2 is 2.29 bits per heavy atom. The molecule has 1 atom stereocenters.